The lowest BCUT2D eigenvalue weighted by Crippen LogP contribution is -2.39. The lowest BCUT2D eigenvalue weighted by Gasteiger charge is -2.17. The minimum absolute atomic E-state index is 0.298. The molecule has 1 aromatic rings. The molecule has 4 nitrogen and oxygen atoms in total. The number of hydrogen-bond acceptors (Lipinski definition) is 4. The maximum Gasteiger partial charge on any atom is 0.415 e. The van der Waals surface area contributed by atoms with Gasteiger partial charge >= 0.3 is 6.18 Å². The highest BCUT2D eigenvalue weighted by Gasteiger charge is 2.38. The second-order valence-corrected chi connectivity index (χ2v) is 3.50. The molecular weight excluding hydrogens is 225 g/mol. The van der Waals surface area contributed by atoms with Gasteiger partial charge < -0.3 is 14.8 Å². The van der Waals surface area contributed by atoms with Gasteiger partial charge in [0, 0.05) is 6.54 Å². The Morgan fingerprint density at radius 3 is 2.62 bits per heavy atom. The zero-order valence-electron chi connectivity index (χ0n) is 8.88. The molecule has 0 spiro atoms. The third kappa shape index (κ3) is 3.49. The summed E-state index contributed by atoms with van der Waals surface area (Å²) in [6, 6.07) is -0.481. The smallest absolute Gasteiger partial charge is 0.415 e. The number of hydrogen-bond donors (Lipinski definition) is 2. The van der Waals surface area contributed by atoms with Gasteiger partial charge in [-0.15, -0.1) is 0 Å². The van der Waals surface area contributed by atoms with Crippen molar-refractivity contribution in [1.29, 1.82) is 0 Å². The summed E-state index contributed by atoms with van der Waals surface area (Å²) >= 11 is 0. The van der Waals surface area contributed by atoms with Crippen molar-refractivity contribution in [2.75, 3.05) is 6.54 Å². The highest BCUT2D eigenvalue weighted by Crippen LogP contribution is 2.20. The van der Waals surface area contributed by atoms with Crippen LogP contribution in [0.15, 0.2) is 10.6 Å². The van der Waals surface area contributed by atoms with E-state index in [1.54, 1.807) is 13.8 Å². The molecule has 0 bridgehead atoms. The van der Waals surface area contributed by atoms with Gasteiger partial charge in [-0.25, -0.2) is 4.98 Å². The Morgan fingerprint density at radius 2 is 2.19 bits per heavy atom. The first-order chi connectivity index (χ1) is 7.30. The van der Waals surface area contributed by atoms with Gasteiger partial charge in [0.15, 0.2) is 6.10 Å². The molecule has 1 rings (SSSR count). The molecule has 0 aromatic carbocycles. The third-order valence-electron chi connectivity index (χ3n) is 2.00. The maximum atomic E-state index is 12.0. The summed E-state index contributed by atoms with van der Waals surface area (Å²) in [5.74, 6) is 0.881. The number of nitrogens with one attached hydrogen (secondary N) is 1. The summed E-state index contributed by atoms with van der Waals surface area (Å²) in [7, 11) is 0. The fourth-order valence-corrected chi connectivity index (χ4v) is 1.06. The highest BCUT2D eigenvalue weighted by molar-refractivity contribution is 4.95. The van der Waals surface area contributed by atoms with Crippen LogP contribution in [0.25, 0.3) is 0 Å². The van der Waals surface area contributed by atoms with Crippen LogP contribution in [-0.2, 0) is 0 Å². The van der Waals surface area contributed by atoms with Gasteiger partial charge in [-0.1, -0.05) is 0 Å². The van der Waals surface area contributed by atoms with Crippen LogP contribution in [-0.4, -0.2) is 28.9 Å². The van der Waals surface area contributed by atoms with Gasteiger partial charge in [0.2, 0.25) is 5.89 Å². The molecule has 0 radical (unpaired) electrons. The number of aromatic nitrogens is 1. The SMILES string of the molecule is Cc1cnc(C(C)NCC(O)C(F)(F)F)o1. The number of aryl methyl sites for hydroxylation is 1. The van der Waals surface area contributed by atoms with Gasteiger partial charge in [-0.05, 0) is 13.8 Å². The number of nitrogens with zero attached hydrogens (tertiary/aromatic N) is 1. The molecule has 2 N–H and O–H groups in total. The Bertz CT molecular complexity index is 338. The van der Waals surface area contributed by atoms with E-state index in [1.807, 2.05) is 0 Å². The predicted octanol–water partition coefficient (Wildman–Crippen LogP) is 1.56. The monoisotopic (exact) mass is 238 g/mol. The van der Waals surface area contributed by atoms with Crippen molar-refractivity contribution in [3.05, 3.63) is 17.8 Å². The predicted molar refractivity (Wildman–Crippen MR) is 49.7 cm³/mol. The molecule has 0 amide bonds. The Kier molecular flexibility index (Phi) is 3.93. The minimum Gasteiger partial charge on any atom is -0.444 e. The number of alkyl halides is 3. The van der Waals surface area contributed by atoms with Gasteiger partial charge in [0.05, 0.1) is 12.2 Å². The second-order valence-electron chi connectivity index (χ2n) is 3.50. The molecule has 0 aliphatic carbocycles. The summed E-state index contributed by atoms with van der Waals surface area (Å²) in [6.45, 7) is 2.70. The Labute approximate surface area is 90.5 Å². The van der Waals surface area contributed by atoms with Crippen LogP contribution < -0.4 is 5.32 Å². The highest BCUT2D eigenvalue weighted by atomic mass is 19.4. The van der Waals surface area contributed by atoms with Crippen LogP contribution in [0.3, 0.4) is 0 Å². The van der Waals surface area contributed by atoms with Crippen molar-refractivity contribution in [1.82, 2.24) is 10.3 Å². The number of rotatable bonds is 4. The standard InChI is InChI=1S/C9H13F3N2O2/c1-5-3-14-8(16-5)6(2)13-4-7(15)9(10,11)12/h3,6-7,13,15H,4H2,1-2H3. The molecule has 2 atom stereocenters. The van der Waals surface area contributed by atoms with Crippen molar-refractivity contribution < 1.29 is 22.7 Å². The zero-order valence-corrected chi connectivity index (χ0v) is 8.88. The van der Waals surface area contributed by atoms with Gasteiger partial charge in [-0.2, -0.15) is 13.2 Å². The molecule has 0 saturated heterocycles. The van der Waals surface area contributed by atoms with Crippen molar-refractivity contribution in [3.8, 4) is 0 Å². The molecule has 1 aromatic heterocycles. The van der Waals surface area contributed by atoms with Crippen LogP contribution >= 0.6 is 0 Å². The largest absolute Gasteiger partial charge is 0.444 e. The quantitative estimate of drug-likeness (QED) is 0.835. The van der Waals surface area contributed by atoms with E-state index in [0.717, 1.165) is 0 Å². The van der Waals surface area contributed by atoms with Crippen molar-refractivity contribution in [2.24, 2.45) is 0 Å². The van der Waals surface area contributed by atoms with E-state index >= 15 is 0 Å². The van der Waals surface area contributed by atoms with E-state index in [2.05, 4.69) is 10.3 Å². The fraction of sp³-hybridized carbons (Fsp3) is 0.667. The van der Waals surface area contributed by atoms with Crippen molar-refractivity contribution in [3.63, 3.8) is 0 Å². The summed E-state index contributed by atoms with van der Waals surface area (Å²) in [5.41, 5.74) is 0. The van der Waals surface area contributed by atoms with E-state index in [9.17, 15) is 13.2 Å². The van der Waals surface area contributed by atoms with Crippen LogP contribution in [0.4, 0.5) is 13.2 Å². The van der Waals surface area contributed by atoms with Gasteiger partial charge in [0.25, 0.3) is 0 Å². The summed E-state index contributed by atoms with van der Waals surface area (Å²) in [5, 5.41) is 11.2. The maximum absolute atomic E-state index is 12.0. The average Bonchev–Trinajstić information content (AvgIpc) is 2.59. The molecule has 16 heavy (non-hydrogen) atoms. The molecular formula is C9H13F3N2O2. The minimum atomic E-state index is -4.61. The average molecular weight is 238 g/mol. The number of aliphatic hydroxyl groups excluding tert-OH is 1. The second kappa shape index (κ2) is 4.84. The van der Waals surface area contributed by atoms with E-state index in [0.29, 0.717) is 11.7 Å². The van der Waals surface area contributed by atoms with E-state index in [4.69, 9.17) is 9.52 Å². The summed E-state index contributed by atoms with van der Waals surface area (Å²) in [4.78, 5) is 3.86. The van der Waals surface area contributed by atoms with Gasteiger partial charge in [0.1, 0.15) is 5.76 Å². The Balaban J connectivity index is 2.44. The zero-order chi connectivity index (χ0) is 12.3. The molecule has 7 heteroatoms. The molecule has 0 saturated carbocycles. The molecule has 2 unspecified atom stereocenters. The van der Waals surface area contributed by atoms with Gasteiger partial charge in [-0.3, -0.25) is 0 Å². The van der Waals surface area contributed by atoms with Crippen molar-refractivity contribution in [2.45, 2.75) is 32.2 Å². The van der Waals surface area contributed by atoms with E-state index < -0.39 is 24.9 Å². The molecule has 1 heterocycles. The van der Waals surface area contributed by atoms with Crippen molar-refractivity contribution >= 4 is 0 Å². The Hall–Kier alpha value is -1.08. The summed E-state index contributed by atoms with van der Waals surface area (Å²) in [6.07, 6.45) is -5.52. The molecule has 0 fully saturated rings. The van der Waals surface area contributed by atoms with Crippen LogP contribution in [0, 0.1) is 6.92 Å². The van der Waals surface area contributed by atoms with Crippen LogP contribution in [0.1, 0.15) is 24.6 Å². The lowest BCUT2D eigenvalue weighted by atomic mass is 10.3. The Morgan fingerprint density at radius 1 is 1.56 bits per heavy atom. The number of oxazole rings is 1. The molecule has 0 aliphatic rings. The third-order valence-corrected chi connectivity index (χ3v) is 2.00. The first kappa shape index (κ1) is 13.0. The van der Waals surface area contributed by atoms with E-state index in [1.165, 1.54) is 6.20 Å². The first-order valence-electron chi connectivity index (χ1n) is 4.71. The molecule has 92 valence electrons. The number of aliphatic hydroxyl groups is 1. The van der Waals surface area contributed by atoms with Crippen LogP contribution in [0.5, 0.6) is 0 Å². The lowest BCUT2D eigenvalue weighted by molar-refractivity contribution is -0.202. The first-order valence-corrected chi connectivity index (χ1v) is 4.71. The van der Waals surface area contributed by atoms with Crippen LogP contribution in [0.2, 0.25) is 0 Å². The number of halogens is 3. The normalized spacial score (nSPS) is 16.1. The molecule has 0 aliphatic heterocycles. The summed E-state index contributed by atoms with van der Waals surface area (Å²) < 4.78 is 41.1. The fourth-order valence-electron chi connectivity index (χ4n) is 1.06. The topological polar surface area (TPSA) is 58.3 Å². The van der Waals surface area contributed by atoms with E-state index in [-0.39, 0.29) is 0 Å².